The smallest absolute Gasteiger partial charge is 0.0750 e. The van der Waals surface area contributed by atoms with Gasteiger partial charge in [0.15, 0.2) is 0 Å². The van der Waals surface area contributed by atoms with Gasteiger partial charge >= 0.3 is 0 Å². The van der Waals surface area contributed by atoms with Crippen molar-refractivity contribution >= 4 is 5.69 Å². The second-order valence-electron chi connectivity index (χ2n) is 6.12. The lowest BCUT2D eigenvalue weighted by Gasteiger charge is -2.35. The summed E-state index contributed by atoms with van der Waals surface area (Å²) < 4.78 is 5.95. The van der Waals surface area contributed by atoms with Gasteiger partial charge < -0.3 is 15.0 Å². The summed E-state index contributed by atoms with van der Waals surface area (Å²) in [4.78, 5) is 6.75. The largest absolute Gasteiger partial charge is 0.376 e. The Morgan fingerprint density at radius 2 is 2.33 bits per heavy atom. The van der Waals surface area contributed by atoms with Crippen LogP contribution in [0.3, 0.4) is 0 Å². The van der Waals surface area contributed by atoms with Gasteiger partial charge in [0.1, 0.15) is 0 Å². The van der Waals surface area contributed by atoms with Crippen LogP contribution in [0.15, 0.2) is 18.5 Å². The van der Waals surface area contributed by atoms with Crippen LogP contribution in [0.5, 0.6) is 0 Å². The number of nitrogens with one attached hydrogen (secondary N) is 1. The first kappa shape index (κ1) is 16.2. The third-order valence-corrected chi connectivity index (χ3v) is 3.86. The fourth-order valence-electron chi connectivity index (χ4n) is 2.76. The van der Waals surface area contributed by atoms with Gasteiger partial charge in [-0.15, -0.1) is 0 Å². The molecule has 1 fully saturated rings. The lowest BCUT2D eigenvalue weighted by Crippen LogP contribution is -2.40. The number of anilines is 1. The summed E-state index contributed by atoms with van der Waals surface area (Å²) in [7, 11) is 0. The number of pyridine rings is 1. The van der Waals surface area contributed by atoms with Gasteiger partial charge in [-0.3, -0.25) is 4.98 Å². The molecule has 1 aliphatic heterocycles. The number of nitrogens with zero attached hydrogens (tertiary/aromatic N) is 2. The summed E-state index contributed by atoms with van der Waals surface area (Å²) in [5, 5.41) is 3.49. The minimum Gasteiger partial charge on any atom is -0.376 e. The average molecular weight is 291 g/mol. The van der Waals surface area contributed by atoms with Gasteiger partial charge in [0.25, 0.3) is 0 Å². The van der Waals surface area contributed by atoms with Crippen LogP contribution in [0.25, 0.3) is 0 Å². The Kier molecular flexibility index (Phi) is 6.46. The molecule has 0 spiro atoms. The minimum absolute atomic E-state index is 0.373. The Bertz CT molecular complexity index is 422. The highest BCUT2D eigenvalue weighted by Crippen LogP contribution is 2.24. The fraction of sp³-hybridized carbons (Fsp3) is 0.706. The Morgan fingerprint density at radius 1 is 1.48 bits per heavy atom. The number of ether oxygens (including phenoxy) is 1. The molecular weight excluding hydrogens is 262 g/mol. The fourth-order valence-corrected chi connectivity index (χ4v) is 2.76. The highest BCUT2D eigenvalue weighted by Gasteiger charge is 2.22. The molecule has 1 aromatic heterocycles. The van der Waals surface area contributed by atoms with Gasteiger partial charge in [-0.25, -0.2) is 0 Å². The van der Waals surface area contributed by atoms with Crippen molar-refractivity contribution in [1.29, 1.82) is 0 Å². The zero-order chi connectivity index (χ0) is 15.1. The Hall–Kier alpha value is -1.13. The molecule has 1 aromatic rings. The van der Waals surface area contributed by atoms with E-state index >= 15 is 0 Å². The number of piperidine rings is 1. The normalized spacial score (nSPS) is 19.2. The second-order valence-corrected chi connectivity index (χ2v) is 6.12. The molecule has 0 amide bonds. The van der Waals surface area contributed by atoms with E-state index in [1.54, 1.807) is 0 Å². The second kappa shape index (κ2) is 8.35. The lowest BCUT2D eigenvalue weighted by molar-refractivity contribution is 0.0440. The summed E-state index contributed by atoms with van der Waals surface area (Å²) in [6.45, 7) is 10.4. The Morgan fingerprint density at radius 3 is 3.10 bits per heavy atom. The molecular formula is C17H29N3O. The highest BCUT2D eigenvalue weighted by atomic mass is 16.5. The number of hydrogen-bond acceptors (Lipinski definition) is 4. The predicted molar refractivity (Wildman–Crippen MR) is 87.7 cm³/mol. The van der Waals surface area contributed by atoms with Gasteiger partial charge in [0.2, 0.25) is 0 Å². The first-order valence-electron chi connectivity index (χ1n) is 8.23. The standard InChI is InChI=1S/C17H29N3O/c1-4-10-21-16-6-5-9-20(13-16)17-7-8-18-11-15(17)12-19-14(2)3/h7-8,11,14,16,19H,4-6,9-10,12-13H2,1-3H3. The van der Waals surface area contributed by atoms with Crippen molar-refractivity contribution in [1.82, 2.24) is 10.3 Å². The molecule has 0 radical (unpaired) electrons. The van der Waals surface area contributed by atoms with E-state index in [4.69, 9.17) is 4.74 Å². The van der Waals surface area contributed by atoms with Crippen LogP contribution in [0, 0.1) is 0 Å². The van der Waals surface area contributed by atoms with Gasteiger partial charge in [-0.1, -0.05) is 20.8 Å². The number of aromatic nitrogens is 1. The summed E-state index contributed by atoms with van der Waals surface area (Å²) >= 11 is 0. The molecule has 1 atom stereocenters. The maximum absolute atomic E-state index is 5.95. The molecule has 2 heterocycles. The van der Waals surface area contributed by atoms with Gasteiger partial charge in [-0.05, 0) is 25.3 Å². The van der Waals surface area contributed by atoms with Crippen molar-refractivity contribution in [3.05, 3.63) is 24.0 Å². The van der Waals surface area contributed by atoms with Crippen LogP contribution < -0.4 is 10.2 Å². The summed E-state index contributed by atoms with van der Waals surface area (Å²) in [6.07, 6.45) is 7.73. The molecule has 0 saturated carbocycles. The van der Waals surface area contributed by atoms with Crippen LogP contribution in [0.2, 0.25) is 0 Å². The average Bonchev–Trinajstić information content (AvgIpc) is 2.51. The van der Waals surface area contributed by atoms with E-state index in [9.17, 15) is 0 Å². The molecule has 0 bridgehead atoms. The van der Waals surface area contributed by atoms with Gasteiger partial charge in [-0.2, -0.15) is 0 Å². The Labute approximate surface area is 128 Å². The van der Waals surface area contributed by atoms with Crippen molar-refractivity contribution in [2.75, 3.05) is 24.6 Å². The van der Waals surface area contributed by atoms with Crippen LogP contribution in [-0.2, 0) is 11.3 Å². The van der Waals surface area contributed by atoms with E-state index in [0.717, 1.165) is 32.7 Å². The van der Waals surface area contributed by atoms with E-state index in [2.05, 4.69) is 42.0 Å². The van der Waals surface area contributed by atoms with Crippen molar-refractivity contribution in [2.45, 2.75) is 58.7 Å². The molecule has 1 saturated heterocycles. The molecule has 21 heavy (non-hydrogen) atoms. The van der Waals surface area contributed by atoms with Crippen LogP contribution in [0.4, 0.5) is 5.69 Å². The van der Waals surface area contributed by atoms with E-state index in [1.165, 1.54) is 24.1 Å². The third kappa shape index (κ3) is 4.97. The van der Waals surface area contributed by atoms with Crippen molar-refractivity contribution in [3.63, 3.8) is 0 Å². The first-order chi connectivity index (χ1) is 10.2. The summed E-state index contributed by atoms with van der Waals surface area (Å²) in [5.74, 6) is 0. The highest BCUT2D eigenvalue weighted by molar-refractivity contribution is 5.52. The van der Waals surface area contributed by atoms with E-state index in [0.29, 0.717) is 12.1 Å². The Balaban J connectivity index is 2.02. The van der Waals surface area contributed by atoms with E-state index in [1.807, 2.05) is 12.4 Å². The van der Waals surface area contributed by atoms with Gasteiger partial charge in [0, 0.05) is 55.9 Å². The van der Waals surface area contributed by atoms with E-state index in [-0.39, 0.29) is 0 Å². The molecule has 2 rings (SSSR count). The van der Waals surface area contributed by atoms with E-state index < -0.39 is 0 Å². The molecule has 1 unspecified atom stereocenters. The van der Waals surface area contributed by atoms with Crippen LogP contribution in [-0.4, -0.2) is 36.8 Å². The first-order valence-corrected chi connectivity index (χ1v) is 8.23. The zero-order valence-corrected chi connectivity index (χ0v) is 13.6. The van der Waals surface area contributed by atoms with Gasteiger partial charge in [0.05, 0.1) is 6.10 Å². The third-order valence-electron chi connectivity index (χ3n) is 3.86. The zero-order valence-electron chi connectivity index (χ0n) is 13.6. The monoisotopic (exact) mass is 291 g/mol. The number of hydrogen-bond donors (Lipinski definition) is 1. The molecule has 1 aliphatic rings. The molecule has 0 aromatic carbocycles. The predicted octanol–water partition coefficient (Wildman–Crippen LogP) is 2.98. The maximum atomic E-state index is 5.95. The quantitative estimate of drug-likeness (QED) is 0.838. The maximum Gasteiger partial charge on any atom is 0.0750 e. The molecule has 0 aliphatic carbocycles. The topological polar surface area (TPSA) is 37.4 Å². The molecule has 4 heteroatoms. The van der Waals surface area contributed by atoms with Crippen molar-refractivity contribution in [2.24, 2.45) is 0 Å². The summed E-state index contributed by atoms with van der Waals surface area (Å²) in [6, 6.07) is 2.62. The summed E-state index contributed by atoms with van der Waals surface area (Å²) in [5.41, 5.74) is 2.59. The van der Waals surface area contributed by atoms with Crippen LogP contribution in [0.1, 0.15) is 45.6 Å². The molecule has 4 nitrogen and oxygen atoms in total. The molecule has 118 valence electrons. The van der Waals surface area contributed by atoms with Crippen molar-refractivity contribution < 1.29 is 4.74 Å². The SMILES string of the molecule is CCCOC1CCCN(c2ccncc2CNC(C)C)C1. The lowest BCUT2D eigenvalue weighted by atomic mass is 10.1. The van der Waals surface area contributed by atoms with Crippen molar-refractivity contribution in [3.8, 4) is 0 Å². The minimum atomic E-state index is 0.373. The molecule has 1 N–H and O–H groups in total. The number of rotatable bonds is 7. The van der Waals surface area contributed by atoms with Crippen LogP contribution >= 0.6 is 0 Å².